The molecule has 0 aliphatic rings. The number of ether oxygens (including phenoxy) is 2. The van der Waals surface area contributed by atoms with Gasteiger partial charge >= 0.3 is 5.97 Å². The van der Waals surface area contributed by atoms with E-state index >= 15 is 0 Å². The highest BCUT2D eigenvalue weighted by atomic mass is 16.6. The van der Waals surface area contributed by atoms with Crippen LogP contribution in [0.3, 0.4) is 0 Å². The molecule has 3 aromatic rings. The van der Waals surface area contributed by atoms with Crippen molar-refractivity contribution in [3.63, 3.8) is 0 Å². The Balaban J connectivity index is 1.74. The molecule has 0 aliphatic carbocycles. The molecule has 3 rings (SSSR count). The molecule has 0 aromatic heterocycles. The molecule has 0 fully saturated rings. The summed E-state index contributed by atoms with van der Waals surface area (Å²) in [4.78, 5) is 22.4. The van der Waals surface area contributed by atoms with Crippen LogP contribution in [0.15, 0.2) is 78.9 Å². The highest BCUT2D eigenvalue weighted by Crippen LogP contribution is 2.30. The van der Waals surface area contributed by atoms with E-state index in [1.807, 2.05) is 30.3 Å². The Kier molecular flexibility index (Phi) is 7.12. The lowest BCUT2D eigenvalue weighted by molar-refractivity contribution is -0.384. The lowest BCUT2D eigenvalue weighted by Crippen LogP contribution is -2.05. The summed E-state index contributed by atoms with van der Waals surface area (Å²) in [6, 6.07) is 22.2. The van der Waals surface area contributed by atoms with Gasteiger partial charge in [0.1, 0.15) is 0 Å². The van der Waals surface area contributed by atoms with E-state index in [1.54, 1.807) is 24.3 Å². The zero-order chi connectivity index (χ0) is 22.9. The number of nitro groups is 1. The number of rotatable bonds is 7. The van der Waals surface area contributed by atoms with E-state index < -0.39 is 10.9 Å². The molecular formula is C25H18N2O5. The summed E-state index contributed by atoms with van der Waals surface area (Å²) >= 11 is 0. The predicted molar refractivity (Wildman–Crippen MR) is 121 cm³/mol. The van der Waals surface area contributed by atoms with Crippen molar-refractivity contribution in [1.29, 1.82) is 5.26 Å². The second-order valence-corrected chi connectivity index (χ2v) is 6.55. The van der Waals surface area contributed by atoms with E-state index in [-0.39, 0.29) is 11.4 Å². The minimum Gasteiger partial charge on any atom is -0.493 e. The highest BCUT2D eigenvalue weighted by molar-refractivity contribution is 5.91. The van der Waals surface area contributed by atoms with Gasteiger partial charge in [0, 0.05) is 18.2 Å². The highest BCUT2D eigenvalue weighted by Gasteiger charge is 2.10. The number of hydrogen-bond donors (Lipinski definition) is 0. The monoisotopic (exact) mass is 426 g/mol. The molecule has 0 amide bonds. The molecule has 0 saturated carbocycles. The third-order valence-corrected chi connectivity index (χ3v) is 4.43. The van der Waals surface area contributed by atoms with E-state index in [0.717, 1.165) is 5.56 Å². The van der Waals surface area contributed by atoms with Gasteiger partial charge in [-0.1, -0.05) is 36.4 Å². The second-order valence-electron chi connectivity index (χ2n) is 6.55. The number of methoxy groups -OCH3 is 1. The van der Waals surface area contributed by atoms with Crippen molar-refractivity contribution >= 4 is 29.4 Å². The van der Waals surface area contributed by atoms with Crippen LogP contribution in [0.25, 0.3) is 17.7 Å². The van der Waals surface area contributed by atoms with Crippen molar-refractivity contribution < 1.29 is 19.2 Å². The number of nitrogens with zero attached hydrogens (tertiary/aromatic N) is 2. The van der Waals surface area contributed by atoms with Gasteiger partial charge in [-0.25, -0.2) is 4.79 Å². The SMILES string of the molecule is COc1cc(/C=C(/C#N)c2ccccc2)ccc1OC(=O)/C=C/c1ccc([N+](=O)[O-])cc1. The summed E-state index contributed by atoms with van der Waals surface area (Å²) in [5, 5.41) is 20.2. The van der Waals surface area contributed by atoms with Crippen molar-refractivity contribution in [2.24, 2.45) is 0 Å². The minimum absolute atomic E-state index is 0.0320. The molecular weight excluding hydrogens is 408 g/mol. The van der Waals surface area contributed by atoms with Crippen molar-refractivity contribution in [2.45, 2.75) is 0 Å². The first-order chi connectivity index (χ1) is 15.5. The van der Waals surface area contributed by atoms with E-state index in [9.17, 15) is 20.2 Å². The predicted octanol–water partition coefficient (Wildman–Crippen LogP) is 5.29. The third-order valence-electron chi connectivity index (χ3n) is 4.43. The minimum atomic E-state index is -0.632. The smallest absolute Gasteiger partial charge is 0.336 e. The maximum atomic E-state index is 12.2. The molecule has 0 heterocycles. The van der Waals surface area contributed by atoms with Gasteiger partial charge in [-0.3, -0.25) is 10.1 Å². The molecule has 7 heteroatoms. The zero-order valence-corrected chi connectivity index (χ0v) is 17.1. The fourth-order valence-corrected chi connectivity index (χ4v) is 2.84. The molecule has 0 atom stereocenters. The number of esters is 1. The van der Waals surface area contributed by atoms with E-state index in [1.165, 1.54) is 43.5 Å². The van der Waals surface area contributed by atoms with Gasteiger partial charge in [-0.2, -0.15) is 5.26 Å². The Morgan fingerprint density at radius 2 is 1.69 bits per heavy atom. The van der Waals surface area contributed by atoms with Crippen LogP contribution in [0.5, 0.6) is 11.5 Å². The fourth-order valence-electron chi connectivity index (χ4n) is 2.84. The van der Waals surface area contributed by atoms with Gasteiger partial charge in [0.25, 0.3) is 5.69 Å². The fraction of sp³-hybridized carbons (Fsp3) is 0.0400. The number of benzene rings is 3. The second kappa shape index (κ2) is 10.4. The average Bonchev–Trinajstić information content (AvgIpc) is 2.82. The number of hydrogen-bond acceptors (Lipinski definition) is 6. The number of carbonyl (C=O) groups excluding carboxylic acids is 1. The largest absolute Gasteiger partial charge is 0.493 e. The summed E-state index contributed by atoms with van der Waals surface area (Å²) < 4.78 is 10.7. The van der Waals surface area contributed by atoms with Crippen molar-refractivity contribution in [3.8, 4) is 17.6 Å². The molecule has 0 aliphatic heterocycles. The third kappa shape index (κ3) is 5.68. The average molecular weight is 426 g/mol. The van der Waals surface area contributed by atoms with Crippen LogP contribution in [-0.2, 0) is 4.79 Å². The quantitative estimate of drug-likeness (QED) is 0.0968. The summed E-state index contributed by atoms with van der Waals surface area (Å²) in [6.45, 7) is 0. The zero-order valence-electron chi connectivity index (χ0n) is 17.1. The van der Waals surface area contributed by atoms with Crippen molar-refractivity contribution in [1.82, 2.24) is 0 Å². The summed E-state index contributed by atoms with van der Waals surface area (Å²) in [6.07, 6.45) is 4.43. The van der Waals surface area contributed by atoms with Gasteiger partial charge in [0.15, 0.2) is 11.5 Å². The molecule has 7 nitrogen and oxygen atoms in total. The number of nitriles is 1. The van der Waals surface area contributed by atoms with Crippen LogP contribution in [0.1, 0.15) is 16.7 Å². The molecule has 0 unspecified atom stereocenters. The Labute approximate surface area is 184 Å². The van der Waals surface area contributed by atoms with Gasteiger partial charge in [0.2, 0.25) is 0 Å². The first-order valence-electron chi connectivity index (χ1n) is 9.50. The first kappa shape index (κ1) is 22.0. The number of allylic oxidation sites excluding steroid dienone is 1. The van der Waals surface area contributed by atoms with Gasteiger partial charge < -0.3 is 9.47 Å². The van der Waals surface area contributed by atoms with Gasteiger partial charge in [-0.05, 0) is 53.1 Å². The van der Waals surface area contributed by atoms with E-state index in [4.69, 9.17) is 9.47 Å². The van der Waals surface area contributed by atoms with Crippen LogP contribution >= 0.6 is 0 Å². The van der Waals surface area contributed by atoms with E-state index in [2.05, 4.69) is 6.07 Å². The number of carbonyl (C=O) groups is 1. The van der Waals surface area contributed by atoms with Crippen molar-refractivity contribution in [2.75, 3.05) is 7.11 Å². The van der Waals surface area contributed by atoms with Crippen LogP contribution in [0.4, 0.5) is 5.69 Å². The number of nitro benzene ring substituents is 1. The molecule has 0 bridgehead atoms. The Bertz CT molecular complexity index is 1220. The molecule has 0 N–H and O–H groups in total. The summed E-state index contributed by atoms with van der Waals surface area (Å²) in [5.74, 6) is -0.0747. The van der Waals surface area contributed by atoms with Crippen LogP contribution < -0.4 is 9.47 Å². The molecule has 3 aromatic carbocycles. The molecule has 158 valence electrons. The van der Waals surface area contributed by atoms with Crippen LogP contribution in [-0.4, -0.2) is 18.0 Å². The van der Waals surface area contributed by atoms with E-state index in [0.29, 0.717) is 22.4 Å². The summed E-state index contributed by atoms with van der Waals surface area (Å²) in [7, 11) is 1.45. The molecule has 0 spiro atoms. The first-order valence-corrected chi connectivity index (χ1v) is 9.50. The van der Waals surface area contributed by atoms with Crippen LogP contribution in [0, 0.1) is 21.4 Å². The summed E-state index contributed by atoms with van der Waals surface area (Å²) in [5.41, 5.74) is 2.58. The van der Waals surface area contributed by atoms with Crippen LogP contribution in [0.2, 0.25) is 0 Å². The maximum absolute atomic E-state index is 12.2. The molecule has 0 radical (unpaired) electrons. The van der Waals surface area contributed by atoms with Gasteiger partial charge in [-0.15, -0.1) is 0 Å². The molecule has 0 saturated heterocycles. The maximum Gasteiger partial charge on any atom is 0.336 e. The molecule has 32 heavy (non-hydrogen) atoms. The number of non-ortho nitro benzene ring substituents is 1. The van der Waals surface area contributed by atoms with Gasteiger partial charge in [0.05, 0.1) is 23.7 Å². The lowest BCUT2D eigenvalue weighted by atomic mass is 10.0. The topological polar surface area (TPSA) is 102 Å². The normalized spacial score (nSPS) is 11.1. The van der Waals surface area contributed by atoms with Crippen molar-refractivity contribution in [3.05, 3.63) is 106 Å². The lowest BCUT2D eigenvalue weighted by Gasteiger charge is -2.09. The Morgan fingerprint density at radius 1 is 1.00 bits per heavy atom. The standard InChI is InChI=1S/C25H18N2O5/c1-31-24-16-19(15-21(17-26)20-5-3-2-4-6-20)9-13-23(24)32-25(28)14-10-18-7-11-22(12-8-18)27(29)30/h2-16H,1H3/b14-10+,21-15-. The Hall–Kier alpha value is -4.70. The Morgan fingerprint density at radius 3 is 2.31 bits per heavy atom.